The van der Waals surface area contributed by atoms with Gasteiger partial charge in [-0.15, -0.1) is 0 Å². The van der Waals surface area contributed by atoms with E-state index in [4.69, 9.17) is 4.74 Å². The molecule has 1 fully saturated rings. The second-order valence-corrected chi connectivity index (χ2v) is 5.16. The third-order valence-corrected chi connectivity index (χ3v) is 3.43. The second-order valence-electron chi connectivity index (χ2n) is 5.16. The number of ether oxygens (including phenoxy) is 1. The second kappa shape index (κ2) is 7.24. The highest BCUT2D eigenvalue weighted by molar-refractivity contribution is 5.68. The largest absolute Gasteiger partial charge is 0.487 e. The zero-order valence-corrected chi connectivity index (χ0v) is 12.5. The number of likely N-dealkylation sites (N-methyl/N-ethyl adjacent to an activating group) is 1. The molecule has 1 saturated heterocycles. The summed E-state index contributed by atoms with van der Waals surface area (Å²) in [6.07, 6.45) is 0.813. The van der Waals surface area contributed by atoms with Crippen LogP contribution in [-0.4, -0.2) is 54.7 Å². The van der Waals surface area contributed by atoms with Gasteiger partial charge in [-0.2, -0.15) is 0 Å². The lowest BCUT2D eigenvalue weighted by atomic mass is 10.2. The first-order valence-corrected chi connectivity index (χ1v) is 7.22. The van der Waals surface area contributed by atoms with Crippen LogP contribution in [0.4, 0.5) is 11.4 Å². The van der Waals surface area contributed by atoms with E-state index < -0.39 is 0 Å². The highest BCUT2D eigenvalue weighted by atomic mass is 16.6. The van der Waals surface area contributed by atoms with Crippen molar-refractivity contribution in [1.29, 1.82) is 0 Å². The van der Waals surface area contributed by atoms with Gasteiger partial charge in [-0.1, -0.05) is 13.0 Å². The molecule has 1 heterocycles. The average molecular weight is 294 g/mol. The SMILES string of the molecule is CCCOc1cccc(NN2CCN(C)CC2)c1[N+](=O)[O-]. The molecule has 21 heavy (non-hydrogen) atoms. The lowest BCUT2D eigenvalue weighted by Gasteiger charge is -2.32. The Hall–Kier alpha value is -1.86. The molecule has 7 nitrogen and oxygen atoms in total. The van der Waals surface area contributed by atoms with Crippen LogP contribution in [0, 0.1) is 10.1 Å². The Morgan fingerprint density at radius 3 is 2.67 bits per heavy atom. The molecule has 1 aromatic rings. The Labute approximate surface area is 124 Å². The van der Waals surface area contributed by atoms with Crippen LogP contribution in [0.25, 0.3) is 0 Å². The van der Waals surface area contributed by atoms with Crippen LogP contribution in [0.3, 0.4) is 0 Å². The zero-order valence-electron chi connectivity index (χ0n) is 12.5. The molecule has 0 aliphatic carbocycles. The molecular formula is C14H22N4O3. The fourth-order valence-electron chi connectivity index (χ4n) is 2.22. The maximum atomic E-state index is 11.4. The summed E-state index contributed by atoms with van der Waals surface area (Å²) >= 11 is 0. The maximum Gasteiger partial charge on any atom is 0.335 e. The Morgan fingerprint density at radius 1 is 1.33 bits per heavy atom. The first kappa shape index (κ1) is 15.5. The van der Waals surface area contributed by atoms with Gasteiger partial charge in [0.2, 0.25) is 0 Å². The molecular weight excluding hydrogens is 272 g/mol. The highest BCUT2D eigenvalue weighted by Crippen LogP contribution is 2.35. The topological polar surface area (TPSA) is 70.9 Å². The van der Waals surface area contributed by atoms with Crippen LogP contribution in [0.5, 0.6) is 5.75 Å². The van der Waals surface area contributed by atoms with E-state index in [1.807, 2.05) is 11.9 Å². The van der Waals surface area contributed by atoms with E-state index in [1.54, 1.807) is 18.2 Å². The fourth-order valence-corrected chi connectivity index (χ4v) is 2.22. The number of para-hydroxylation sites is 1. The summed E-state index contributed by atoms with van der Waals surface area (Å²) in [6.45, 7) is 5.97. The predicted octanol–water partition coefficient (Wildman–Crippen LogP) is 1.96. The molecule has 7 heteroatoms. The number of nitro groups is 1. The molecule has 1 aliphatic heterocycles. The summed E-state index contributed by atoms with van der Waals surface area (Å²) in [6, 6.07) is 5.13. The van der Waals surface area contributed by atoms with Gasteiger partial charge in [0.1, 0.15) is 5.69 Å². The monoisotopic (exact) mass is 294 g/mol. The van der Waals surface area contributed by atoms with Gasteiger partial charge in [0.15, 0.2) is 5.75 Å². The lowest BCUT2D eigenvalue weighted by molar-refractivity contribution is -0.385. The van der Waals surface area contributed by atoms with Gasteiger partial charge < -0.3 is 15.1 Å². The molecule has 0 aromatic heterocycles. The van der Waals surface area contributed by atoms with Crippen molar-refractivity contribution in [3.05, 3.63) is 28.3 Å². The first-order chi connectivity index (χ1) is 10.1. The first-order valence-electron chi connectivity index (χ1n) is 7.22. The van der Waals surface area contributed by atoms with Gasteiger partial charge in [0, 0.05) is 26.2 Å². The molecule has 1 aromatic carbocycles. The van der Waals surface area contributed by atoms with Crippen molar-refractivity contribution in [2.24, 2.45) is 0 Å². The lowest BCUT2D eigenvalue weighted by Crippen LogP contribution is -2.47. The predicted molar refractivity (Wildman–Crippen MR) is 81.6 cm³/mol. The minimum atomic E-state index is -0.386. The quantitative estimate of drug-likeness (QED) is 0.639. The summed E-state index contributed by atoms with van der Waals surface area (Å²) in [5, 5.41) is 13.4. The number of hydrazine groups is 1. The number of hydrogen-bond donors (Lipinski definition) is 1. The van der Waals surface area contributed by atoms with Crippen LogP contribution >= 0.6 is 0 Å². The van der Waals surface area contributed by atoms with E-state index in [1.165, 1.54) is 0 Å². The van der Waals surface area contributed by atoms with Gasteiger partial charge >= 0.3 is 5.69 Å². The standard InChI is InChI=1S/C14H22N4O3/c1-3-11-21-13-6-4-5-12(14(13)18(19)20)15-17-9-7-16(2)8-10-17/h4-6,15H,3,7-11H2,1-2H3. The molecule has 0 amide bonds. The minimum absolute atomic E-state index is 0.00452. The average Bonchev–Trinajstić information content (AvgIpc) is 2.47. The van der Waals surface area contributed by atoms with Gasteiger partial charge in [-0.3, -0.25) is 10.1 Å². The molecule has 0 bridgehead atoms. The molecule has 0 radical (unpaired) electrons. The fraction of sp³-hybridized carbons (Fsp3) is 0.571. The Kier molecular flexibility index (Phi) is 5.35. The smallest absolute Gasteiger partial charge is 0.335 e. The Balaban J connectivity index is 2.16. The van der Waals surface area contributed by atoms with E-state index in [2.05, 4.69) is 17.4 Å². The summed E-state index contributed by atoms with van der Waals surface area (Å²) in [5.41, 5.74) is 3.64. The van der Waals surface area contributed by atoms with Crippen molar-refractivity contribution in [3.8, 4) is 5.75 Å². The number of benzene rings is 1. The molecule has 1 N–H and O–H groups in total. The zero-order chi connectivity index (χ0) is 15.2. The van der Waals surface area contributed by atoms with Crippen molar-refractivity contribution in [3.63, 3.8) is 0 Å². The molecule has 0 saturated carbocycles. The number of hydrogen-bond acceptors (Lipinski definition) is 6. The van der Waals surface area contributed by atoms with Gasteiger partial charge in [-0.05, 0) is 25.6 Å². The summed E-state index contributed by atoms with van der Waals surface area (Å²) in [4.78, 5) is 13.2. The van der Waals surface area contributed by atoms with Crippen LogP contribution in [0.1, 0.15) is 13.3 Å². The molecule has 0 atom stereocenters. The normalized spacial score (nSPS) is 16.7. The van der Waals surface area contributed by atoms with Crippen LogP contribution in [-0.2, 0) is 0 Å². The molecule has 1 aliphatic rings. The van der Waals surface area contributed by atoms with E-state index in [0.29, 0.717) is 18.0 Å². The van der Waals surface area contributed by atoms with Crippen molar-refractivity contribution in [2.45, 2.75) is 13.3 Å². The van der Waals surface area contributed by atoms with Gasteiger partial charge in [0.25, 0.3) is 0 Å². The van der Waals surface area contributed by atoms with Crippen molar-refractivity contribution in [2.75, 3.05) is 45.3 Å². The minimum Gasteiger partial charge on any atom is -0.487 e. The van der Waals surface area contributed by atoms with Crippen LogP contribution < -0.4 is 10.2 Å². The number of rotatable bonds is 6. The third kappa shape index (κ3) is 4.05. The van der Waals surface area contributed by atoms with E-state index in [0.717, 1.165) is 32.6 Å². The summed E-state index contributed by atoms with van der Waals surface area (Å²) in [7, 11) is 2.07. The number of nitrogens with zero attached hydrogens (tertiary/aromatic N) is 3. The van der Waals surface area contributed by atoms with Gasteiger partial charge in [-0.25, -0.2) is 5.01 Å². The Morgan fingerprint density at radius 2 is 2.05 bits per heavy atom. The van der Waals surface area contributed by atoms with Crippen LogP contribution in [0.15, 0.2) is 18.2 Å². The van der Waals surface area contributed by atoms with E-state index >= 15 is 0 Å². The van der Waals surface area contributed by atoms with Crippen LogP contribution in [0.2, 0.25) is 0 Å². The number of anilines is 1. The number of piperazine rings is 1. The van der Waals surface area contributed by atoms with E-state index in [-0.39, 0.29) is 10.6 Å². The Bertz CT molecular complexity index is 487. The molecule has 116 valence electrons. The number of nitro benzene ring substituents is 1. The van der Waals surface area contributed by atoms with Gasteiger partial charge in [0.05, 0.1) is 11.5 Å². The van der Waals surface area contributed by atoms with Crippen molar-refractivity contribution < 1.29 is 9.66 Å². The molecule has 0 spiro atoms. The van der Waals surface area contributed by atoms with Crippen molar-refractivity contribution >= 4 is 11.4 Å². The molecule has 0 unspecified atom stereocenters. The molecule has 2 rings (SSSR count). The maximum absolute atomic E-state index is 11.4. The van der Waals surface area contributed by atoms with Crippen molar-refractivity contribution in [1.82, 2.24) is 9.91 Å². The highest BCUT2D eigenvalue weighted by Gasteiger charge is 2.23. The summed E-state index contributed by atoms with van der Waals surface area (Å²) in [5.74, 6) is 0.320. The van der Waals surface area contributed by atoms with E-state index in [9.17, 15) is 10.1 Å². The summed E-state index contributed by atoms with van der Waals surface area (Å²) < 4.78 is 5.49. The third-order valence-electron chi connectivity index (χ3n) is 3.43. The number of nitrogens with one attached hydrogen (secondary N) is 1.